The van der Waals surface area contributed by atoms with E-state index in [1.807, 2.05) is 11.7 Å². The third-order valence-electron chi connectivity index (χ3n) is 2.98. The van der Waals surface area contributed by atoms with Crippen LogP contribution in [0.25, 0.3) is 0 Å². The van der Waals surface area contributed by atoms with Gasteiger partial charge in [0.1, 0.15) is 0 Å². The van der Waals surface area contributed by atoms with Crippen LogP contribution in [0.15, 0.2) is 6.20 Å². The molecule has 1 fully saturated rings. The van der Waals surface area contributed by atoms with E-state index >= 15 is 0 Å². The molecule has 14 heavy (non-hydrogen) atoms. The van der Waals surface area contributed by atoms with Crippen LogP contribution in [0.4, 0.5) is 5.69 Å². The van der Waals surface area contributed by atoms with Gasteiger partial charge in [0.05, 0.1) is 11.4 Å². The summed E-state index contributed by atoms with van der Waals surface area (Å²) >= 11 is 0. The van der Waals surface area contributed by atoms with Gasteiger partial charge in [-0.25, -0.2) is 0 Å². The van der Waals surface area contributed by atoms with Crippen LogP contribution in [0.1, 0.15) is 37.8 Å². The fourth-order valence-corrected chi connectivity index (χ4v) is 2.21. The van der Waals surface area contributed by atoms with Crippen molar-refractivity contribution in [1.82, 2.24) is 9.78 Å². The van der Waals surface area contributed by atoms with Crippen molar-refractivity contribution in [3.63, 3.8) is 0 Å². The zero-order valence-corrected chi connectivity index (χ0v) is 9.08. The van der Waals surface area contributed by atoms with E-state index in [9.17, 15) is 0 Å². The molecule has 3 nitrogen and oxygen atoms in total. The van der Waals surface area contributed by atoms with Crippen LogP contribution < -0.4 is 5.32 Å². The van der Waals surface area contributed by atoms with Crippen molar-refractivity contribution in [1.29, 1.82) is 0 Å². The molecule has 1 aromatic heterocycles. The van der Waals surface area contributed by atoms with Crippen molar-refractivity contribution in [2.24, 2.45) is 7.05 Å². The minimum Gasteiger partial charge on any atom is -0.380 e. The first-order valence-electron chi connectivity index (χ1n) is 5.52. The number of rotatable bonds is 2. The zero-order valence-electron chi connectivity index (χ0n) is 9.08. The standard InChI is InChI=1S/C11H19N3/c1-9-11(8-14(2)13-9)12-10-6-4-3-5-7-10/h8,10,12H,3-7H2,1-2H3. The Morgan fingerprint density at radius 1 is 1.36 bits per heavy atom. The third-order valence-corrected chi connectivity index (χ3v) is 2.98. The van der Waals surface area contributed by atoms with E-state index in [2.05, 4.69) is 23.5 Å². The molecule has 0 radical (unpaired) electrons. The molecule has 0 unspecified atom stereocenters. The minimum atomic E-state index is 0.673. The van der Waals surface area contributed by atoms with Crippen molar-refractivity contribution in [3.8, 4) is 0 Å². The monoisotopic (exact) mass is 193 g/mol. The average molecular weight is 193 g/mol. The highest BCUT2D eigenvalue weighted by Gasteiger charge is 2.14. The van der Waals surface area contributed by atoms with Crippen molar-refractivity contribution >= 4 is 5.69 Å². The van der Waals surface area contributed by atoms with Crippen LogP contribution in [0, 0.1) is 6.92 Å². The molecule has 1 aromatic rings. The van der Waals surface area contributed by atoms with Crippen molar-refractivity contribution in [3.05, 3.63) is 11.9 Å². The lowest BCUT2D eigenvalue weighted by Gasteiger charge is -2.23. The van der Waals surface area contributed by atoms with Crippen molar-refractivity contribution in [2.75, 3.05) is 5.32 Å². The van der Waals surface area contributed by atoms with Gasteiger partial charge in [-0.05, 0) is 19.8 Å². The lowest BCUT2D eigenvalue weighted by atomic mass is 9.95. The number of aryl methyl sites for hydroxylation is 2. The zero-order chi connectivity index (χ0) is 9.97. The third kappa shape index (κ3) is 2.08. The first kappa shape index (κ1) is 9.56. The van der Waals surface area contributed by atoms with Gasteiger partial charge in [-0.2, -0.15) is 5.10 Å². The van der Waals surface area contributed by atoms with E-state index in [1.165, 1.54) is 37.8 Å². The molecule has 1 saturated carbocycles. The summed E-state index contributed by atoms with van der Waals surface area (Å²) < 4.78 is 1.88. The largest absolute Gasteiger partial charge is 0.380 e. The number of hydrogen-bond acceptors (Lipinski definition) is 2. The van der Waals surface area contributed by atoms with Crippen molar-refractivity contribution < 1.29 is 0 Å². The normalized spacial score (nSPS) is 18.4. The van der Waals surface area contributed by atoms with Gasteiger partial charge in [0, 0.05) is 19.3 Å². The Morgan fingerprint density at radius 3 is 2.64 bits per heavy atom. The summed E-state index contributed by atoms with van der Waals surface area (Å²) in [6.07, 6.45) is 8.85. The summed E-state index contributed by atoms with van der Waals surface area (Å²) in [4.78, 5) is 0. The number of anilines is 1. The quantitative estimate of drug-likeness (QED) is 0.782. The van der Waals surface area contributed by atoms with Gasteiger partial charge >= 0.3 is 0 Å². The Morgan fingerprint density at radius 2 is 2.07 bits per heavy atom. The van der Waals surface area contributed by atoms with Crippen LogP contribution in [0.3, 0.4) is 0 Å². The molecule has 2 rings (SSSR count). The smallest absolute Gasteiger partial charge is 0.0825 e. The first-order valence-corrected chi connectivity index (χ1v) is 5.52. The molecule has 1 N–H and O–H groups in total. The summed E-state index contributed by atoms with van der Waals surface area (Å²) in [5.41, 5.74) is 2.32. The van der Waals surface area contributed by atoms with E-state index in [0.29, 0.717) is 6.04 Å². The van der Waals surface area contributed by atoms with Crippen LogP contribution in [-0.2, 0) is 7.05 Å². The van der Waals surface area contributed by atoms with E-state index in [-0.39, 0.29) is 0 Å². The van der Waals surface area contributed by atoms with E-state index in [0.717, 1.165) is 5.69 Å². The number of hydrogen-bond donors (Lipinski definition) is 1. The molecule has 1 aliphatic carbocycles. The first-order chi connectivity index (χ1) is 6.75. The maximum Gasteiger partial charge on any atom is 0.0825 e. The van der Waals surface area contributed by atoms with Crippen LogP contribution in [0.2, 0.25) is 0 Å². The molecule has 0 aromatic carbocycles. The predicted octanol–water partition coefficient (Wildman–Crippen LogP) is 2.47. The summed E-state index contributed by atoms with van der Waals surface area (Å²) in [6.45, 7) is 2.06. The second-order valence-electron chi connectivity index (χ2n) is 4.28. The molecule has 1 heterocycles. The van der Waals surface area contributed by atoms with Crippen LogP contribution in [0.5, 0.6) is 0 Å². The van der Waals surface area contributed by atoms with E-state index < -0.39 is 0 Å². The Labute approximate surface area is 85.5 Å². The minimum absolute atomic E-state index is 0.673. The van der Waals surface area contributed by atoms with Crippen LogP contribution in [-0.4, -0.2) is 15.8 Å². The summed E-state index contributed by atoms with van der Waals surface area (Å²) in [5.74, 6) is 0. The summed E-state index contributed by atoms with van der Waals surface area (Å²) in [5, 5.41) is 7.92. The van der Waals surface area contributed by atoms with Gasteiger partial charge in [-0.15, -0.1) is 0 Å². The Balaban J connectivity index is 1.98. The Hall–Kier alpha value is -0.990. The maximum atomic E-state index is 4.33. The van der Waals surface area contributed by atoms with Crippen LogP contribution >= 0.6 is 0 Å². The Kier molecular flexibility index (Phi) is 2.75. The van der Waals surface area contributed by atoms with Gasteiger partial charge in [0.25, 0.3) is 0 Å². The van der Waals surface area contributed by atoms with Gasteiger partial charge in [0.15, 0.2) is 0 Å². The second-order valence-corrected chi connectivity index (χ2v) is 4.28. The molecule has 0 atom stereocenters. The van der Waals surface area contributed by atoms with E-state index in [4.69, 9.17) is 0 Å². The maximum absolute atomic E-state index is 4.33. The summed E-state index contributed by atoms with van der Waals surface area (Å²) in [7, 11) is 1.97. The predicted molar refractivity (Wildman–Crippen MR) is 58.4 cm³/mol. The highest BCUT2D eigenvalue weighted by atomic mass is 15.3. The molecule has 0 spiro atoms. The second kappa shape index (κ2) is 4.03. The lowest BCUT2D eigenvalue weighted by molar-refractivity contribution is 0.462. The lowest BCUT2D eigenvalue weighted by Crippen LogP contribution is -2.22. The number of nitrogens with one attached hydrogen (secondary N) is 1. The molecule has 1 aliphatic rings. The fraction of sp³-hybridized carbons (Fsp3) is 0.727. The molecular formula is C11H19N3. The molecule has 0 amide bonds. The molecular weight excluding hydrogens is 174 g/mol. The topological polar surface area (TPSA) is 29.9 Å². The summed E-state index contributed by atoms with van der Waals surface area (Å²) in [6, 6.07) is 0.673. The van der Waals surface area contributed by atoms with Crippen molar-refractivity contribution in [2.45, 2.75) is 45.1 Å². The average Bonchev–Trinajstić information content (AvgIpc) is 2.47. The SMILES string of the molecule is Cc1nn(C)cc1NC1CCCCC1. The molecule has 3 heteroatoms. The molecule has 0 aliphatic heterocycles. The Bertz CT molecular complexity index is 297. The highest BCUT2D eigenvalue weighted by molar-refractivity contribution is 5.46. The van der Waals surface area contributed by atoms with Gasteiger partial charge in [0.2, 0.25) is 0 Å². The van der Waals surface area contributed by atoms with Gasteiger partial charge < -0.3 is 5.32 Å². The van der Waals surface area contributed by atoms with E-state index in [1.54, 1.807) is 0 Å². The van der Waals surface area contributed by atoms with Gasteiger partial charge in [-0.3, -0.25) is 4.68 Å². The number of nitrogens with zero attached hydrogens (tertiary/aromatic N) is 2. The molecule has 0 bridgehead atoms. The molecule has 0 saturated heterocycles. The van der Waals surface area contributed by atoms with Gasteiger partial charge in [-0.1, -0.05) is 19.3 Å². The number of aromatic nitrogens is 2. The fourth-order valence-electron chi connectivity index (χ4n) is 2.21. The highest BCUT2D eigenvalue weighted by Crippen LogP contribution is 2.22. The molecule has 78 valence electrons.